The van der Waals surface area contributed by atoms with Crippen LogP contribution in [0.25, 0.3) is 5.69 Å². The molecule has 0 aliphatic heterocycles. The smallest absolute Gasteiger partial charge is 0.333 e. The molecule has 0 radical (unpaired) electrons. The summed E-state index contributed by atoms with van der Waals surface area (Å²) < 4.78 is 11.7. The van der Waals surface area contributed by atoms with Gasteiger partial charge in [0, 0.05) is 0 Å². The van der Waals surface area contributed by atoms with Crippen LogP contribution in [0.3, 0.4) is 0 Å². The van der Waals surface area contributed by atoms with Gasteiger partial charge in [0.1, 0.15) is 11.6 Å². The third kappa shape index (κ3) is 5.43. The number of carbonyl (C=O) groups is 3. The zero-order chi connectivity index (χ0) is 24.6. The summed E-state index contributed by atoms with van der Waals surface area (Å²) in [7, 11) is 0. The number of aromatic nitrogens is 2. The van der Waals surface area contributed by atoms with Crippen molar-refractivity contribution in [1.82, 2.24) is 15.1 Å². The molecule has 2 N–H and O–H groups in total. The number of nitriles is 1. The molecule has 4 aromatic rings. The minimum absolute atomic E-state index is 0.0229. The van der Waals surface area contributed by atoms with Crippen LogP contribution in [0.2, 0.25) is 0 Å². The first-order chi connectivity index (χ1) is 17.1. The van der Waals surface area contributed by atoms with E-state index in [1.54, 1.807) is 60.7 Å². The highest BCUT2D eigenvalue weighted by atomic mass is 16.5. The van der Waals surface area contributed by atoms with E-state index in [9.17, 15) is 19.6 Å². The first-order valence-corrected chi connectivity index (χ1v) is 10.5. The number of para-hydroxylation sites is 1. The molecule has 1 unspecified atom stereocenters. The highest BCUT2D eigenvalue weighted by molar-refractivity contribution is 5.96. The molecule has 2 aromatic carbocycles. The Morgan fingerprint density at radius 1 is 1.03 bits per heavy atom. The molecule has 2 amide bonds. The summed E-state index contributed by atoms with van der Waals surface area (Å²) >= 11 is 0. The van der Waals surface area contributed by atoms with Crippen LogP contribution < -0.4 is 10.6 Å². The van der Waals surface area contributed by atoms with Gasteiger partial charge in [-0.2, -0.15) is 10.4 Å². The Labute approximate surface area is 199 Å². The topological polar surface area (TPSA) is 139 Å². The predicted molar refractivity (Wildman–Crippen MR) is 123 cm³/mol. The molecular weight excluding hydrogens is 450 g/mol. The number of amides is 2. The van der Waals surface area contributed by atoms with E-state index in [0.717, 1.165) is 0 Å². The summed E-state index contributed by atoms with van der Waals surface area (Å²) in [4.78, 5) is 37.9. The van der Waals surface area contributed by atoms with Crippen LogP contribution in [0.1, 0.15) is 27.7 Å². The average molecular weight is 469 g/mol. The molecular formula is C25H19N5O5. The molecule has 35 heavy (non-hydrogen) atoms. The van der Waals surface area contributed by atoms with Gasteiger partial charge in [-0.15, -0.1) is 0 Å². The lowest BCUT2D eigenvalue weighted by molar-refractivity contribution is -0.149. The number of hydrogen-bond acceptors (Lipinski definition) is 7. The minimum atomic E-state index is -1.17. The monoisotopic (exact) mass is 469 g/mol. The number of benzene rings is 2. The van der Waals surface area contributed by atoms with Gasteiger partial charge in [-0.1, -0.05) is 48.5 Å². The van der Waals surface area contributed by atoms with E-state index in [1.165, 1.54) is 23.2 Å². The van der Waals surface area contributed by atoms with Crippen LogP contribution in [-0.2, 0) is 14.3 Å². The first kappa shape index (κ1) is 23.0. The maximum Gasteiger partial charge on any atom is 0.333 e. The quantitative estimate of drug-likeness (QED) is 0.378. The third-order valence-electron chi connectivity index (χ3n) is 4.88. The van der Waals surface area contributed by atoms with E-state index < -0.39 is 30.4 Å². The molecule has 0 fully saturated rings. The van der Waals surface area contributed by atoms with Crippen molar-refractivity contribution < 1.29 is 23.5 Å². The van der Waals surface area contributed by atoms with E-state index in [1.807, 2.05) is 12.1 Å². The van der Waals surface area contributed by atoms with Crippen molar-refractivity contribution in [3.8, 4) is 11.8 Å². The largest absolute Gasteiger partial charge is 0.459 e. The van der Waals surface area contributed by atoms with Gasteiger partial charge in [0.2, 0.25) is 0 Å². The number of nitrogens with one attached hydrogen (secondary N) is 2. The molecule has 174 valence electrons. The molecule has 1 atom stereocenters. The van der Waals surface area contributed by atoms with Crippen molar-refractivity contribution in [2.45, 2.75) is 6.04 Å². The molecule has 0 bridgehead atoms. The Kier molecular flexibility index (Phi) is 6.99. The van der Waals surface area contributed by atoms with Crippen LogP contribution in [0, 0.1) is 11.3 Å². The molecule has 10 nitrogen and oxygen atoms in total. The highest BCUT2D eigenvalue weighted by Crippen LogP contribution is 2.20. The number of nitrogens with zero attached hydrogens (tertiary/aromatic N) is 3. The molecule has 2 aromatic heterocycles. The number of furan rings is 1. The molecule has 0 saturated heterocycles. The lowest BCUT2D eigenvalue weighted by Crippen LogP contribution is -2.36. The zero-order valence-corrected chi connectivity index (χ0v) is 18.3. The van der Waals surface area contributed by atoms with E-state index in [-0.39, 0.29) is 17.1 Å². The van der Waals surface area contributed by atoms with Crippen molar-refractivity contribution in [1.29, 1.82) is 5.26 Å². The van der Waals surface area contributed by atoms with Gasteiger partial charge in [-0.3, -0.25) is 9.59 Å². The molecule has 10 heteroatoms. The fraction of sp³-hybridized carbons (Fsp3) is 0.0800. The fourth-order valence-corrected chi connectivity index (χ4v) is 3.24. The third-order valence-corrected chi connectivity index (χ3v) is 4.88. The lowest BCUT2D eigenvalue weighted by Gasteiger charge is -2.17. The molecule has 0 aliphatic rings. The SMILES string of the molecule is N#Cc1cnn(-c2ccccc2)c1NC(=O)COC(=O)C(NC(=O)c1ccco1)c1ccccc1. The van der Waals surface area contributed by atoms with Gasteiger partial charge in [0.05, 0.1) is 18.1 Å². The summed E-state index contributed by atoms with van der Waals surface area (Å²) in [6, 6.07) is 21.2. The number of rotatable bonds is 8. The standard InChI is InChI=1S/C25H19N5O5/c26-14-18-15-27-30(19-10-5-2-6-11-19)23(18)28-21(31)16-35-25(33)22(17-8-3-1-4-9-17)29-24(32)20-12-7-13-34-20/h1-13,15,22H,16H2,(H,28,31)(H,29,32). The second kappa shape index (κ2) is 10.6. The first-order valence-electron chi connectivity index (χ1n) is 10.5. The number of anilines is 1. The number of carbonyl (C=O) groups excluding carboxylic acids is 3. The highest BCUT2D eigenvalue weighted by Gasteiger charge is 2.26. The Morgan fingerprint density at radius 2 is 1.74 bits per heavy atom. The normalized spacial score (nSPS) is 11.2. The van der Waals surface area contributed by atoms with E-state index in [2.05, 4.69) is 15.7 Å². The molecule has 0 saturated carbocycles. The van der Waals surface area contributed by atoms with Crippen LogP contribution in [-0.4, -0.2) is 34.2 Å². The molecule has 0 spiro atoms. The minimum Gasteiger partial charge on any atom is -0.459 e. The number of hydrogen-bond donors (Lipinski definition) is 2. The van der Waals surface area contributed by atoms with Crippen molar-refractivity contribution >= 4 is 23.6 Å². The summed E-state index contributed by atoms with van der Waals surface area (Å²) in [5, 5.41) is 18.7. The van der Waals surface area contributed by atoms with Crippen molar-refractivity contribution in [2.24, 2.45) is 0 Å². The number of esters is 1. The fourth-order valence-electron chi connectivity index (χ4n) is 3.24. The van der Waals surface area contributed by atoms with Gasteiger partial charge in [-0.25, -0.2) is 9.48 Å². The Balaban J connectivity index is 1.46. The van der Waals surface area contributed by atoms with Crippen LogP contribution in [0.15, 0.2) is 89.7 Å². The second-order valence-corrected chi connectivity index (χ2v) is 7.22. The summed E-state index contributed by atoms with van der Waals surface area (Å²) in [6.45, 7) is -0.649. The van der Waals surface area contributed by atoms with E-state index in [4.69, 9.17) is 9.15 Å². The van der Waals surface area contributed by atoms with E-state index in [0.29, 0.717) is 11.3 Å². The number of ether oxygens (including phenoxy) is 1. The molecule has 2 heterocycles. The van der Waals surface area contributed by atoms with Gasteiger partial charge in [0.15, 0.2) is 24.2 Å². The van der Waals surface area contributed by atoms with Gasteiger partial charge in [0.25, 0.3) is 11.8 Å². The van der Waals surface area contributed by atoms with Crippen molar-refractivity contribution in [3.63, 3.8) is 0 Å². The van der Waals surface area contributed by atoms with Gasteiger partial charge < -0.3 is 19.8 Å². The Hall–Kier alpha value is -5.17. The summed E-state index contributed by atoms with van der Waals surface area (Å²) in [5.74, 6) is -1.98. The average Bonchev–Trinajstić information content (AvgIpc) is 3.57. The Bertz CT molecular complexity index is 1360. The lowest BCUT2D eigenvalue weighted by atomic mass is 10.1. The Morgan fingerprint density at radius 3 is 2.40 bits per heavy atom. The summed E-state index contributed by atoms with van der Waals surface area (Å²) in [5.41, 5.74) is 1.24. The maximum atomic E-state index is 12.8. The van der Waals surface area contributed by atoms with Crippen LogP contribution in [0.4, 0.5) is 5.82 Å². The van der Waals surface area contributed by atoms with Crippen LogP contribution >= 0.6 is 0 Å². The van der Waals surface area contributed by atoms with Crippen LogP contribution in [0.5, 0.6) is 0 Å². The van der Waals surface area contributed by atoms with Crippen molar-refractivity contribution in [3.05, 3.63) is 102 Å². The predicted octanol–water partition coefficient (Wildman–Crippen LogP) is 2.99. The van der Waals surface area contributed by atoms with Gasteiger partial charge in [-0.05, 0) is 29.8 Å². The maximum absolute atomic E-state index is 12.8. The molecule has 4 rings (SSSR count). The van der Waals surface area contributed by atoms with Gasteiger partial charge >= 0.3 is 5.97 Å². The zero-order valence-electron chi connectivity index (χ0n) is 18.3. The van der Waals surface area contributed by atoms with E-state index >= 15 is 0 Å². The summed E-state index contributed by atoms with van der Waals surface area (Å²) in [6.07, 6.45) is 2.66. The second-order valence-electron chi connectivity index (χ2n) is 7.22. The molecule has 0 aliphatic carbocycles. The van der Waals surface area contributed by atoms with Crippen molar-refractivity contribution in [2.75, 3.05) is 11.9 Å².